The Balaban J connectivity index is 3.11. The summed E-state index contributed by atoms with van der Waals surface area (Å²) in [6.07, 6.45) is 0. The van der Waals surface area contributed by atoms with Gasteiger partial charge in [0.15, 0.2) is 5.75 Å². The minimum atomic E-state index is -0.740. The van der Waals surface area contributed by atoms with E-state index < -0.39 is 10.9 Å². The molecular formula is C7H5NO3. The van der Waals surface area contributed by atoms with Crippen LogP contribution in [0, 0.1) is 11.3 Å². The summed E-state index contributed by atoms with van der Waals surface area (Å²) in [5, 5.41) is 8.31. The summed E-state index contributed by atoms with van der Waals surface area (Å²) >= 11 is 0. The van der Waals surface area contributed by atoms with Gasteiger partial charge in [0.25, 0.3) is 10.9 Å². The van der Waals surface area contributed by atoms with Crippen LogP contribution < -0.4 is 15.6 Å². The summed E-state index contributed by atoms with van der Waals surface area (Å²) in [7, 11) is 0. The van der Waals surface area contributed by atoms with Crippen molar-refractivity contribution in [1.29, 1.82) is 5.26 Å². The standard InChI is InChI=1S/C7H5NO3/c1-2-11-7-4(3-8)5(9)6(7)10/h2H2,1H3. The van der Waals surface area contributed by atoms with E-state index >= 15 is 0 Å². The van der Waals surface area contributed by atoms with E-state index in [0.717, 1.165) is 0 Å². The number of hydrogen-bond donors (Lipinski definition) is 0. The molecule has 0 saturated heterocycles. The van der Waals surface area contributed by atoms with Gasteiger partial charge in [0, 0.05) is 0 Å². The Bertz CT molecular complexity index is 379. The van der Waals surface area contributed by atoms with Crippen molar-refractivity contribution >= 4 is 0 Å². The number of rotatable bonds is 2. The van der Waals surface area contributed by atoms with Crippen molar-refractivity contribution in [3.63, 3.8) is 0 Å². The molecule has 0 aliphatic heterocycles. The van der Waals surface area contributed by atoms with Gasteiger partial charge in [-0.1, -0.05) is 0 Å². The minimum Gasteiger partial charge on any atom is -0.488 e. The highest BCUT2D eigenvalue weighted by atomic mass is 16.5. The first-order valence-electron chi connectivity index (χ1n) is 3.08. The van der Waals surface area contributed by atoms with Gasteiger partial charge in [0.2, 0.25) is 0 Å². The fourth-order valence-corrected chi connectivity index (χ4v) is 0.754. The lowest BCUT2D eigenvalue weighted by Crippen LogP contribution is -2.35. The predicted octanol–water partition coefficient (Wildman–Crippen LogP) is -0.447. The van der Waals surface area contributed by atoms with Crippen LogP contribution in [0.3, 0.4) is 0 Å². The van der Waals surface area contributed by atoms with Gasteiger partial charge in [-0.3, -0.25) is 9.59 Å². The van der Waals surface area contributed by atoms with Crippen LogP contribution in [0.4, 0.5) is 0 Å². The lowest BCUT2D eigenvalue weighted by atomic mass is 10.1. The first-order chi connectivity index (χ1) is 5.22. The van der Waals surface area contributed by atoms with E-state index in [0.29, 0.717) is 6.61 Å². The van der Waals surface area contributed by atoms with E-state index in [1.165, 1.54) is 0 Å². The molecule has 0 aliphatic rings. The largest absolute Gasteiger partial charge is 0.488 e. The van der Waals surface area contributed by atoms with Crippen molar-refractivity contribution < 1.29 is 4.74 Å². The average Bonchev–Trinajstić information content (AvgIpc) is 2.04. The summed E-state index contributed by atoms with van der Waals surface area (Å²) in [6, 6.07) is 1.60. The molecule has 4 heteroatoms. The van der Waals surface area contributed by atoms with Crippen LogP contribution in [0.1, 0.15) is 12.5 Å². The SMILES string of the molecule is CCOc1c(C#N)c(=O)c1=O. The molecule has 0 amide bonds. The smallest absolute Gasteiger partial charge is 0.270 e. The third kappa shape index (κ3) is 0.905. The summed E-state index contributed by atoms with van der Waals surface area (Å²) in [6.45, 7) is 1.97. The highest BCUT2D eigenvalue weighted by Crippen LogP contribution is 2.07. The second kappa shape index (κ2) is 2.54. The fourth-order valence-electron chi connectivity index (χ4n) is 0.754. The summed E-state index contributed by atoms with van der Waals surface area (Å²) in [5.41, 5.74) is -1.59. The number of nitrogens with zero attached hydrogens (tertiary/aromatic N) is 1. The molecule has 11 heavy (non-hydrogen) atoms. The molecule has 1 aromatic carbocycles. The van der Waals surface area contributed by atoms with Crippen LogP contribution in [0.25, 0.3) is 0 Å². The van der Waals surface area contributed by atoms with Crippen molar-refractivity contribution in [2.45, 2.75) is 6.92 Å². The summed E-state index contributed by atoms with van der Waals surface area (Å²) in [5.74, 6) is -0.0833. The third-order valence-electron chi connectivity index (χ3n) is 1.27. The lowest BCUT2D eigenvalue weighted by molar-refractivity contribution is 0.331. The van der Waals surface area contributed by atoms with E-state index in [4.69, 9.17) is 10.00 Å². The third-order valence-corrected chi connectivity index (χ3v) is 1.27. The van der Waals surface area contributed by atoms with E-state index in [1.54, 1.807) is 13.0 Å². The molecule has 0 radical (unpaired) electrons. The van der Waals surface area contributed by atoms with E-state index in [9.17, 15) is 9.59 Å². The zero-order valence-corrected chi connectivity index (χ0v) is 5.88. The molecule has 56 valence electrons. The highest BCUT2D eigenvalue weighted by molar-refractivity contribution is 5.48. The molecule has 0 atom stereocenters. The van der Waals surface area contributed by atoms with Crippen LogP contribution in [0.5, 0.6) is 5.75 Å². The van der Waals surface area contributed by atoms with Crippen LogP contribution in [0.15, 0.2) is 9.59 Å². The molecule has 0 aliphatic carbocycles. The second-order valence-corrected chi connectivity index (χ2v) is 1.91. The second-order valence-electron chi connectivity index (χ2n) is 1.91. The van der Waals surface area contributed by atoms with Crippen molar-refractivity contribution in [1.82, 2.24) is 0 Å². The van der Waals surface area contributed by atoms with Crippen LogP contribution in [0.2, 0.25) is 0 Å². The van der Waals surface area contributed by atoms with E-state index in [1.807, 2.05) is 0 Å². The van der Waals surface area contributed by atoms with Gasteiger partial charge in [0.05, 0.1) is 6.61 Å². The fraction of sp³-hybridized carbons (Fsp3) is 0.286. The highest BCUT2D eigenvalue weighted by Gasteiger charge is 2.21. The van der Waals surface area contributed by atoms with Gasteiger partial charge in [0.1, 0.15) is 11.6 Å². The molecule has 1 aromatic rings. The molecule has 0 spiro atoms. The predicted molar refractivity (Wildman–Crippen MR) is 37.2 cm³/mol. The molecule has 0 unspecified atom stereocenters. The molecule has 0 saturated carbocycles. The summed E-state index contributed by atoms with van der Waals surface area (Å²) < 4.78 is 4.75. The molecule has 0 bridgehead atoms. The van der Waals surface area contributed by atoms with Gasteiger partial charge in [-0.05, 0) is 6.92 Å². The molecule has 1 rings (SSSR count). The zero-order valence-electron chi connectivity index (χ0n) is 5.88. The van der Waals surface area contributed by atoms with Gasteiger partial charge >= 0.3 is 0 Å². The Morgan fingerprint density at radius 3 is 2.55 bits per heavy atom. The van der Waals surface area contributed by atoms with Crippen LogP contribution >= 0.6 is 0 Å². The van der Waals surface area contributed by atoms with Gasteiger partial charge in [-0.2, -0.15) is 5.26 Å². The maximum absolute atomic E-state index is 10.6. The van der Waals surface area contributed by atoms with Crippen molar-refractivity contribution in [2.24, 2.45) is 0 Å². The Morgan fingerprint density at radius 2 is 2.09 bits per heavy atom. The van der Waals surface area contributed by atoms with Crippen molar-refractivity contribution in [2.75, 3.05) is 6.61 Å². The lowest BCUT2D eigenvalue weighted by Gasteiger charge is -2.03. The van der Waals surface area contributed by atoms with Crippen LogP contribution in [-0.4, -0.2) is 6.61 Å². The quantitative estimate of drug-likeness (QED) is 0.537. The van der Waals surface area contributed by atoms with E-state index in [2.05, 4.69) is 0 Å². The molecule has 0 fully saturated rings. The van der Waals surface area contributed by atoms with Gasteiger partial charge in [-0.25, -0.2) is 0 Å². The minimum absolute atomic E-state index is 0.0833. The van der Waals surface area contributed by atoms with E-state index in [-0.39, 0.29) is 11.3 Å². The topological polar surface area (TPSA) is 67.2 Å². The number of ether oxygens (including phenoxy) is 1. The monoisotopic (exact) mass is 151 g/mol. The van der Waals surface area contributed by atoms with Gasteiger partial charge in [-0.15, -0.1) is 0 Å². The van der Waals surface area contributed by atoms with Crippen molar-refractivity contribution in [3.05, 3.63) is 26.0 Å². The molecular weight excluding hydrogens is 146 g/mol. The van der Waals surface area contributed by atoms with Crippen molar-refractivity contribution in [3.8, 4) is 11.8 Å². The Labute approximate surface area is 62.3 Å². The Morgan fingerprint density at radius 1 is 1.45 bits per heavy atom. The maximum Gasteiger partial charge on any atom is 0.270 e. The van der Waals surface area contributed by atoms with Gasteiger partial charge < -0.3 is 4.74 Å². The maximum atomic E-state index is 10.6. The Kier molecular flexibility index (Phi) is 1.73. The number of hydrogen-bond acceptors (Lipinski definition) is 4. The molecule has 0 N–H and O–H groups in total. The first-order valence-corrected chi connectivity index (χ1v) is 3.08. The normalized spacial score (nSPS) is 9.45. The van der Waals surface area contributed by atoms with Crippen LogP contribution in [-0.2, 0) is 0 Å². The first kappa shape index (κ1) is 7.48. The number of nitriles is 1. The summed E-state index contributed by atoms with van der Waals surface area (Å²) in [4.78, 5) is 21.2. The molecule has 0 heterocycles. The molecule has 0 aromatic heterocycles. The average molecular weight is 151 g/mol. The molecule has 4 nitrogen and oxygen atoms in total. The Hall–Kier alpha value is -1.63. The zero-order chi connectivity index (χ0) is 8.43.